The van der Waals surface area contributed by atoms with Gasteiger partial charge in [0, 0.05) is 10.0 Å². The van der Waals surface area contributed by atoms with Gasteiger partial charge in [0.05, 0.1) is 6.04 Å². The number of aromatic hydroxyl groups is 1. The van der Waals surface area contributed by atoms with Crippen molar-refractivity contribution in [3.63, 3.8) is 0 Å². The maximum atomic E-state index is 12.8. The number of alkyl halides is 2. The molecule has 14 heavy (non-hydrogen) atoms. The van der Waals surface area contributed by atoms with Gasteiger partial charge < -0.3 is 10.8 Å². The van der Waals surface area contributed by atoms with E-state index in [2.05, 4.69) is 15.9 Å². The van der Waals surface area contributed by atoms with Gasteiger partial charge in [0.2, 0.25) is 0 Å². The molecule has 0 radical (unpaired) electrons. The standard InChI is InChI=1S/C8H7BrF3NO/c9-3-1-2-4(10)7(14)5(3)6(13)8(11)12/h1-2,6,8,14H,13H2/t6-/m0/s1. The van der Waals surface area contributed by atoms with Gasteiger partial charge in [-0.15, -0.1) is 0 Å². The Morgan fingerprint density at radius 2 is 1.93 bits per heavy atom. The molecule has 3 N–H and O–H groups in total. The second kappa shape index (κ2) is 4.18. The van der Waals surface area contributed by atoms with Gasteiger partial charge in [-0.1, -0.05) is 15.9 Å². The summed E-state index contributed by atoms with van der Waals surface area (Å²) in [5.41, 5.74) is 4.78. The second-order valence-corrected chi connectivity index (χ2v) is 3.51. The van der Waals surface area contributed by atoms with Gasteiger partial charge in [-0.05, 0) is 12.1 Å². The van der Waals surface area contributed by atoms with E-state index in [0.717, 1.165) is 6.07 Å². The number of phenols is 1. The molecule has 0 heterocycles. The predicted molar refractivity (Wildman–Crippen MR) is 48.7 cm³/mol. The molecule has 0 saturated heterocycles. The van der Waals surface area contributed by atoms with Crippen molar-refractivity contribution in [2.75, 3.05) is 0 Å². The van der Waals surface area contributed by atoms with Crippen LogP contribution in [0, 0.1) is 5.82 Å². The van der Waals surface area contributed by atoms with Crippen LogP contribution in [0.15, 0.2) is 16.6 Å². The largest absolute Gasteiger partial charge is 0.505 e. The summed E-state index contributed by atoms with van der Waals surface area (Å²) >= 11 is 2.91. The van der Waals surface area contributed by atoms with E-state index >= 15 is 0 Å². The van der Waals surface area contributed by atoms with Crippen LogP contribution in [-0.4, -0.2) is 11.5 Å². The van der Waals surface area contributed by atoms with Crippen LogP contribution in [-0.2, 0) is 0 Å². The van der Waals surface area contributed by atoms with Crippen molar-refractivity contribution in [1.82, 2.24) is 0 Å². The van der Waals surface area contributed by atoms with Crippen molar-refractivity contribution in [2.45, 2.75) is 12.5 Å². The van der Waals surface area contributed by atoms with E-state index in [1.807, 2.05) is 0 Å². The van der Waals surface area contributed by atoms with Crippen LogP contribution in [0.1, 0.15) is 11.6 Å². The first-order valence-corrected chi connectivity index (χ1v) is 4.45. The third kappa shape index (κ3) is 2.01. The van der Waals surface area contributed by atoms with Gasteiger partial charge in [-0.3, -0.25) is 0 Å². The number of benzene rings is 1. The fraction of sp³-hybridized carbons (Fsp3) is 0.250. The molecule has 1 rings (SSSR count). The molecule has 78 valence electrons. The van der Waals surface area contributed by atoms with E-state index in [1.54, 1.807) is 0 Å². The molecule has 0 aliphatic heterocycles. The lowest BCUT2D eigenvalue weighted by Gasteiger charge is -2.14. The first kappa shape index (κ1) is 11.3. The zero-order valence-corrected chi connectivity index (χ0v) is 8.43. The molecule has 1 aromatic rings. The van der Waals surface area contributed by atoms with Crippen molar-refractivity contribution in [2.24, 2.45) is 5.73 Å². The van der Waals surface area contributed by atoms with Gasteiger partial charge in [-0.2, -0.15) is 0 Å². The highest BCUT2D eigenvalue weighted by Gasteiger charge is 2.24. The normalized spacial score (nSPS) is 13.3. The lowest BCUT2D eigenvalue weighted by atomic mass is 10.1. The van der Waals surface area contributed by atoms with E-state index in [0.29, 0.717) is 0 Å². The molecule has 2 nitrogen and oxygen atoms in total. The van der Waals surface area contributed by atoms with Gasteiger partial charge >= 0.3 is 0 Å². The summed E-state index contributed by atoms with van der Waals surface area (Å²) in [4.78, 5) is 0. The molecular weight excluding hydrogens is 263 g/mol. The lowest BCUT2D eigenvalue weighted by molar-refractivity contribution is 0.114. The van der Waals surface area contributed by atoms with E-state index in [4.69, 9.17) is 5.73 Å². The zero-order chi connectivity index (χ0) is 10.9. The third-order valence-corrected chi connectivity index (χ3v) is 2.41. The Kier molecular flexibility index (Phi) is 3.38. The molecule has 0 fully saturated rings. The molecule has 0 saturated carbocycles. The quantitative estimate of drug-likeness (QED) is 0.867. The predicted octanol–water partition coefficient (Wildman–Crippen LogP) is 2.56. The first-order valence-electron chi connectivity index (χ1n) is 3.65. The Balaban J connectivity index is 3.25. The SMILES string of the molecule is N[C@@H](c1c(Br)ccc(F)c1O)C(F)F. The third-order valence-electron chi connectivity index (χ3n) is 1.72. The highest BCUT2D eigenvalue weighted by Crippen LogP contribution is 2.35. The van der Waals surface area contributed by atoms with Crippen LogP contribution in [0.5, 0.6) is 5.75 Å². The highest BCUT2D eigenvalue weighted by atomic mass is 79.9. The number of nitrogens with two attached hydrogens (primary N) is 1. The molecule has 1 atom stereocenters. The summed E-state index contributed by atoms with van der Waals surface area (Å²) in [7, 11) is 0. The van der Waals surface area contributed by atoms with Crippen LogP contribution in [0.2, 0.25) is 0 Å². The Morgan fingerprint density at radius 3 is 2.43 bits per heavy atom. The minimum absolute atomic E-state index is 0.157. The second-order valence-electron chi connectivity index (χ2n) is 2.65. The number of halogens is 4. The topological polar surface area (TPSA) is 46.2 Å². The monoisotopic (exact) mass is 269 g/mol. The molecule has 0 aromatic heterocycles. The Morgan fingerprint density at radius 1 is 1.36 bits per heavy atom. The fourth-order valence-electron chi connectivity index (χ4n) is 1.000. The Bertz CT molecular complexity index is 346. The molecule has 0 spiro atoms. The van der Waals surface area contributed by atoms with Crippen molar-refractivity contribution in [3.8, 4) is 5.75 Å². The summed E-state index contributed by atoms with van der Waals surface area (Å²) in [5.74, 6) is -1.81. The van der Waals surface area contributed by atoms with Crippen LogP contribution in [0.3, 0.4) is 0 Å². The average Bonchev–Trinajstić information content (AvgIpc) is 2.12. The molecular formula is C8H7BrF3NO. The zero-order valence-electron chi connectivity index (χ0n) is 6.85. The van der Waals surface area contributed by atoms with Gasteiger partial charge in [0.15, 0.2) is 11.6 Å². The van der Waals surface area contributed by atoms with Crippen LogP contribution < -0.4 is 5.73 Å². The minimum atomic E-state index is -2.86. The summed E-state index contributed by atoms with van der Waals surface area (Å²) < 4.78 is 37.4. The van der Waals surface area contributed by atoms with E-state index in [1.165, 1.54) is 6.07 Å². The maximum Gasteiger partial charge on any atom is 0.257 e. The highest BCUT2D eigenvalue weighted by molar-refractivity contribution is 9.10. The van der Waals surface area contributed by atoms with Crippen LogP contribution in [0.25, 0.3) is 0 Å². The lowest BCUT2D eigenvalue weighted by Crippen LogP contribution is -2.19. The molecule has 0 amide bonds. The van der Waals surface area contributed by atoms with Crippen molar-refractivity contribution < 1.29 is 18.3 Å². The Hall–Kier alpha value is -0.750. The minimum Gasteiger partial charge on any atom is -0.505 e. The molecule has 0 aliphatic rings. The van der Waals surface area contributed by atoms with Crippen LogP contribution in [0.4, 0.5) is 13.2 Å². The summed E-state index contributed by atoms with van der Waals surface area (Å²) in [6.07, 6.45) is -2.86. The van der Waals surface area contributed by atoms with E-state index < -0.39 is 24.0 Å². The maximum absolute atomic E-state index is 12.8. The fourth-order valence-corrected chi connectivity index (χ4v) is 1.58. The van der Waals surface area contributed by atoms with Gasteiger partial charge in [-0.25, -0.2) is 13.2 Å². The molecule has 0 bridgehead atoms. The first-order chi connectivity index (χ1) is 6.45. The van der Waals surface area contributed by atoms with Crippen LogP contribution >= 0.6 is 15.9 Å². The van der Waals surface area contributed by atoms with Crippen molar-refractivity contribution in [3.05, 3.63) is 28.0 Å². The van der Waals surface area contributed by atoms with Crippen molar-refractivity contribution >= 4 is 15.9 Å². The molecule has 0 aliphatic carbocycles. The summed E-state index contributed by atoms with van der Waals surface area (Å²) in [6.45, 7) is 0. The molecule has 1 aromatic carbocycles. The summed E-state index contributed by atoms with van der Waals surface area (Å²) in [6, 6.07) is 0.466. The smallest absolute Gasteiger partial charge is 0.257 e. The van der Waals surface area contributed by atoms with E-state index in [9.17, 15) is 18.3 Å². The number of hydrogen-bond donors (Lipinski definition) is 2. The number of rotatable bonds is 2. The Labute approximate surface area is 86.7 Å². The summed E-state index contributed by atoms with van der Waals surface area (Å²) in [5, 5.41) is 9.18. The van der Waals surface area contributed by atoms with Gasteiger partial charge in [0.25, 0.3) is 6.43 Å². The van der Waals surface area contributed by atoms with E-state index in [-0.39, 0.29) is 10.0 Å². The van der Waals surface area contributed by atoms with Gasteiger partial charge in [0.1, 0.15) is 0 Å². The molecule has 0 unspecified atom stereocenters. The molecule has 6 heteroatoms. The number of phenolic OH excluding ortho intramolecular Hbond substituents is 1. The number of hydrogen-bond acceptors (Lipinski definition) is 2. The average molecular weight is 270 g/mol. The van der Waals surface area contributed by atoms with Crippen molar-refractivity contribution in [1.29, 1.82) is 0 Å².